The van der Waals surface area contributed by atoms with Crippen molar-refractivity contribution in [3.63, 3.8) is 0 Å². The molecule has 0 fully saturated rings. The van der Waals surface area contributed by atoms with Crippen LogP contribution in [0.15, 0.2) is 66.7 Å². The molecular formula is C19H13Cl3O2. The Morgan fingerprint density at radius 1 is 0.708 bits per heavy atom. The lowest BCUT2D eigenvalue weighted by Gasteiger charge is -2.11. The smallest absolute Gasteiger partial charge is 0.142 e. The van der Waals surface area contributed by atoms with Gasteiger partial charge in [-0.2, -0.15) is 0 Å². The third-order valence-corrected chi connectivity index (χ3v) is 4.04. The summed E-state index contributed by atoms with van der Waals surface area (Å²) in [5.41, 5.74) is 0.997. The second-order valence-electron chi connectivity index (χ2n) is 5.07. The summed E-state index contributed by atoms with van der Waals surface area (Å²) >= 11 is 18.0. The first-order valence-corrected chi connectivity index (χ1v) is 8.34. The Balaban J connectivity index is 1.72. The van der Waals surface area contributed by atoms with Gasteiger partial charge in [-0.25, -0.2) is 0 Å². The van der Waals surface area contributed by atoms with Gasteiger partial charge in [0.25, 0.3) is 0 Å². The zero-order chi connectivity index (χ0) is 16.9. The van der Waals surface area contributed by atoms with Gasteiger partial charge in [-0.1, -0.05) is 53.0 Å². The molecule has 0 saturated heterocycles. The average Bonchev–Trinajstić information content (AvgIpc) is 2.57. The van der Waals surface area contributed by atoms with E-state index in [4.69, 9.17) is 44.3 Å². The van der Waals surface area contributed by atoms with Crippen molar-refractivity contribution in [1.29, 1.82) is 0 Å². The first-order valence-electron chi connectivity index (χ1n) is 7.20. The highest BCUT2D eigenvalue weighted by Gasteiger charge is 2.06. The van der Waals surface area contributed by atoms with Gasteiger partial charge in [0.05, 0.1) is 5.02 Å². The van der Waals surface area contributed by atoms with E-state index in [-0.39, 0.29) is 0 Å². The van der Waals surface area contributed by atoms with Crippen LogP contribution in [0.2, 0.25) is 15.1 Å². The quantitative estimate of drug-likeness (QED) is 0.474. The van der Waals surface area contributed by atoms with Gasteiger partial charge < -0.3 is 9.47 Å². The van der Waals surface area contributed by atoms with Crippen LogP contribution in [-0.4, -0.2) is 0 Å². The maximum atomic E-state index is 6.19. The van der Waals surface area contributed by atoms with Crippen LogP contribution in [0.4, 0.5) is 0 Å². The lowest BCUT2D eigenvalue weighted by Crippen LogP contribution is -1.96. The number of hydrogen-bond acceptors (Lipinski definition) is 2. The van der Waals surface area contributed by atoms with Crippen LogP contribution in [0.25, 0.3) is 0 Å². The molecular weight excluding hydrogens is 367 g/mol. The molecule has 5 heteroatoms. The van der Waals surface area contributed by atoms with E-state index in [2.05, 4.69) is 0 Å². The predicted molar refractivity (Wildman–Crippen MR) is 98.8 cm³/mol. The number of hydrogen-bond donors (Lipinski definition) is 0. The van der Waals surface area contributed by atoms with Crippen molar-refractivity contribution in [2.24, 2.45) is 0 Å². The summed E-state index contributed by atoms with van der Waals surface area (Å²) in [5, 5.41) is 1.82. The molecule has 0 aliphatic rings. The van der Waals surface area contributed by atoms with E-state index in [1.165, 1.54) is 0 Å². The van der Waals surface area contributed by atoms with Crippen LogP contribution in [0.3, 0.4) is 0 Å². The highest BCUT2D eigenvalue weighted by atomic mass is 35.5. The fourth-order valence-corrected chi connectivity index (χ4v) is 2.54. The van der Waals surface area contributed by atoms with Gasteiger partial charge in [-0.15, -0.1) is 0 Å². The minimum atomic E-state index is 0.386. The number of halogens is 3. The van der Waals surface area contributed by atoms with Crippen molar-refractivity contribution in [3.8, 4) is 17.2 Å². The summed E-state index contributed by atoms with van der Waals surface area (Å²) in [6.07, 6.45) is 0. The first-order chi connectivity index (χ1) is 11.6. The van der Waals surface area contributed by atoms with Crippen molar-refractivity contribution in [1.82, 2.24) is 0 Å². The molecule has 0 saturated carbocycles. The van der Waals surface area contributed by atoms with Crippen LogP contribution < -0.4 is 9.47 Å². The standard InChI is InChI=1S/C19H13Cl3O2/c20-14-6-4-13(5-7-14)12-23-19-11-17(8-9-18(19)22)24-16-3-1-2-15(21)10-16/h1-11H,12H2. The second-order valence-corrected chi connectivity index (χ2v) is 6.35. The first kappa shape index (κ1) is 17.0. The van der Waals surface area contributed by atoms with E-state index < -0.39 is 0 Å². The largest absolute Gasteiger partial charge is 0.487 e. The van der Waals surface area contributed by atoms with Crippen molar-refractivity contribution < 1.29 is 9.47 Å². The Labute approximate surface area is 155 Å². The summed E-state index contributed by atoms with van der Waals surface area (Å²) in [4.78, 5) is 0. The van der Waals surface area contributed by atoms with Crippen LogP contribution in [-0.2, 0) is 6.61 Å². The molecule has 0 radical (unpaired) electrons. The Bertz CT molecular complexity index is 832. The molecule has 3 rings (SSSR count). The third kappa shape index (κ3) is 4.57. The maximum Gasteiger partial charge on any atom is 0.142 e. The zero-order valence-electron chi connectivity index (χ0n) is 12.5. The SMILES string of the molecule is Clc1ccc(COc2cc(Oc3cccc(Cl)c3)ccc2Cl)cc1. The van der Waals surface area contributed by atoms with E-state index >= 15 is 0 Å². The van der Waals surface area contributed by atoms with Crippen molar-refractivity contribution in [3.05, 3.63) is 87.4 Å². The second kappa shape index (κ2) is 7.80. The molecule has 0 aliphatic heterocycles. The third-order valence-electron chi connectivity index (χ3n) is 3.24. The fourth-order valence-electron chi connectivity index (χ4n) is 2.07. The molecule has 0 heterocycles. The van der Waals surface area contributed by atoms with Gasteiger partial charge in [-0.05, 0) is 48.0 Å². The van der Waals surface area contributed by atoms with E-state index in [0.717, 1.165) is 5.56 Å². The topological polar surface area (TPSA) is 18.5 Å². The summed E-state index contributed by atoms with van der Waals surface area (Å²) in [7, 11) is 0. The highest BCUT2D eigenvalue weighted by Crippen LogP contribution is 2.32. The van der Waals surface area contributed by atoms with Crippen LogP contribution in [0.1, 0.15) is 5.56 Å². The van der Waals surface area contributed by atoms with E-state index in [1.54, 1.807) is 30.3 Å². The Kier molecular flexibility index (Phi) is 5.52. The molecule has 0 aromatic heterocycles. The summed E-state index contributed by atoms with van der Waals surface area (Å²) in [6, 6.07) is 19.9. The zero-order valence-corrected chi connectivity index (χ0v) is 14.8. The lowest BCUT2D eigenvalue weighted by molar-refractivity contribution is 0.305. The van der Waals surface area contributed by atoms with Gasteiger partial charge in [0.2, 0.25) is 0 Å². The molecule has 24 heavy (non-hydrogen) atoms. The van der Waals surface area contributed by atoms with Crippen LogP contribution >= 0.6 is 34.8 Å². The van der Waals surface area contributed by atoms with Crippen molar-refractivity contribution in [2.45, 2.75) is 6.61 Å². The number of benzene rings is 3. The molecule has 0 unspecified atom stereocenters. The Morgan fingerprint density at radius 2 is 1.46 bits per heavy atom. The van der Waals surface area contributed by atoms with Crippen LogP contribution in [0.5, 0.6) is 17.2 Å². The van der Waals surface area contributed by atoms with E-state index in [1.807, 2.05) is 36.4 Å². The monoisotopic (exact) mass is 378 g/mol. The lowest BCUT2D eigenvalue weighted by atomic mass is 10.2. The van der Waals surface area contributed by atoms with Gasteiger partial charge in [0.15, 0.2) is 0 Å². The van der Waals surface area contributed by atoms with Gasteiger partial charge >= 0.3 is 0 Å². The number of ether oxygens (including phenoxy) is 2. The Morgan fingerprint density at radius 3 is 2.21 bits per heavy atom. The average molecular weight is 380 g/mol. The van der Waals surface area contributed by atoms with Gasteiger partial charge in [0, 0.05) is 16.1 Å². The van der Waals surface area contributed by atoms with Gasteiger partial charge in [0.1, 0.15) is 23.9 Å². The molecule has 0 amide bonds. The van der Waals surface area contributed by atoms with Gasteiger partial charge in [-0.3, -0.25) is 0 Å². The molecule has 122 valence electrons. The Hall–Kier alpha value is -1.87. The predicted octanol–water partition coefficient (Wildman–Crippen LogP) is 7.02. The molecule has 0 aliphatic carbocycles. The van der Waals surface area contributed by atoms with Crippen LogP contribution in [0, 0.1) is 0 Å². The molecule has 0 bridgehead atoms. The molecule has 0 atom stereocenters. The van der Waals surface area contributed by atoms with E-state index in [9.17, 15) is 0 Å². The maximum absolute atomic E-state index is 6.19. The van der Waals surface area contributed by atoms with Crippen molar-refractivity contribution in [2.75, 3.05) is 0 Å². The summed E-state index contributed by atoms with van der Waals surface area (Å²) < 4.78 is 11.6. The van der Waals surface area contributed by atoms with E-state index in [0.29, 0.717) is 38.9 Å². The minimum Gasteiger partial charge on any atom is -0.487 e. The molecule has 2 nitrogen and oxygen atoms in total. The molecule has 0 N–H and O–H groups in total. The summed E-state index contributed by atoms with van der Waals surface area (Å²) in [6.45, 7) is 0.386. The molecule has 0 spiro atoms. The fraction of sp³-hybridized carbons (Fsp3) is 0.0526. The summed E-state index contributed by atoms with van der Waals surface area (Å²) in [5.74, 6) is 1.81. The molecule has 3 aromatic rings. The number of rotatable bonds is 5. The van der Waals surface area contributed by atoms with Crippen molar-refractivity contribution >= 4 is 34.8 Å². The highest BCUT2D eigenvalue weighted by molar-refractivity contribution is 6.32. The minimum absolute atomic E-state index is 0.386. The normalized spacial score (nSPS) is 10.5. The molecule has 3 aromatic carbocycles.